The molecule has 1 unspecified atom stereocenters. The van der Waals surface area contributed by atoms with Gasteiger partial charge in [0.15, 0.2) is 5.41 Å². The number of aryl methyl sites for hydroxylation is 2. The Morgan fingerprint density at radius 2 is 1.60 bits per heavy atom. The Labute approximate surface area is 150 Å². The topological polar surface area (TPSA) is 52.6 Å². The summed E-state index contributed by atoms with van der Waals surface area (Å²) in [7, 11) is 0. The lowest BCUT2D eigenvalue weighted by Gasteiger charge is -2.24. The molecule has 0 spiro atoms. The number of hydrogen-bond donors (Lipinski definition) is 0. The van der Waals surface area contributed by atoms with Crippen molar-refractivity contribution in [1.82, 2.24) is 0 Å². The Hall–Kier alpha value is -2.10. The first-order valence-corrected chi connectivity index (χ1v) is 8.91. The second-order valence-electron chi connectivity index (χ2n) is 6.96. The third-order valence-corrected chi connectivity index (χ3v) is 4.80. The predicted octanol–water partition coefficient (Wildman–Crippen LogP) is 3.92. The van der Waals surface area contributed by atoms with Gasteiger partial charge in [0.25, 0.3) is 0 Å². The van der Waals surface area contributed by atoms with E-state index in [4.69, 9.17) is 9.47 Å². The molecule has 0 N–H and O–H groups in total. The summed E-state index contributed by atoms with van der Waals surface area (Å²) in [5, 5.41) is 0. The van der Waals surface area contributed by atoms with Gasteiger partial charge in [0.2, 0.25) is 0 Å². The van der Waals surface area contributed by atoms with E-state index < -0.39 is 17.4 Å². The monoisotopic (exact) mass is 344 g/mol. The molecule has 0 bridgehead atoms. The van der Waals surface area contributed by atoms with Crippen LogP contribution in [0.1, 0.15) is 43.4 Å². The molecule has 0 saturated heterocycles. The lowest BCUT2D eigenvalue weighted by molar-refractivity contribution is -0.171. The molecule has 1 fully saturated rings. The van der Waals surface area contributed by atoms with Gasteiger partial charge in [-0.15, -0.1) is 0 Å². The Balaban J connectivity index is 2.26. The van der Waals surface area contributed by atoms with Gasteiger partial charge < -0.3 is 9.47 Å². The van der Waals surface area contributed by atoms with Crippen LogP contribution < -0.4 is 0 Å². The minimum atomic E-state index is -1.24. The predicted molar refractivity (Wildman–Crippen MR) is 97.2 cm³/mol. The fourth-order valence-corrected chi connectivity index (χ4v) is 3.79. The zero-order chi connectivity index (χ0) is 18.6. The largest absolute Gasteiger partial charge is 0.465 e. The fourth-order valence-electron chi connectivity index (χ4n) is 3.79. The second kappa shape index (κ2) is 7.85. The Morgan fingerprint density at radius 3 is 2.08 bits per heavy atom. The minimum Gasteiger partial charge on any atom is -0.465 e. The summed E-state index contributed by atoms with van der Waals surface area (Å²) in [4.78, 5) is 25.1. The molecule has 1 aliphatic rings. The van der Waals surface area contributed by atoms with Crippen molar-refractivity contribution in [1.29, 1.82) is 0 Å². The molecule has 1 saturated carbocycles. The zero-order valence-electron chi connectivity index (χ0n) is 15.7. The van der Waals surface area contributed by atoms with E-state index in [0.29, 0.717) is 12.8 Å². The summed E-state index contributed by atoms with van der Waals surface area (Å²) in [6.45, 7) is 12.3. The van der Waals surface area contributed by atoms with Crippen molar-refractivity contribution in [2.75, 3.05) is 13.2 Å². The number of esters is 2. The third kappa shape index (κ3) is 4.12. The van der Waals surface area contributed by atoms with Gasteiger partial charge in [0.05, 0.1) is 13.2 Å². The third-order valence-electron chi connectivity index (χ3n) is 4.80. The molecule has 0 radical (unpaired) electrons. The first-order valence-electron chi connectivity index (χ1n) is 8.91. The minimum absolute atomic E-state index is 0.0648. The summed E-state index contributed by atoms with van der Waals surface area (Å²) in [6, 6.07) is 6.43. The average molecular weight is 344 g/mol. The van der Waals surface area contributed by atoms with Gasteiger partial charge in [-0.25, -0.2) is 0 Å². The quantitative estimate of drug-likeness (QED) is 0.446. The average Bonchev–Trinajstić information content (AvgIpc) is 2.85. The van der Waals surface area contributed by atoms with E-state index in [1.807, 2.05) is 0 Å². The highest BCUT2D eigenvalue weighted by atomic mass is 16.6. The Kier molecular flexibility index (Phi) is 6.04. The standard InChI is InChI=1S/C21H28O4/c1-6-24-19(22)21(20(23)25-7-2)12-16(5)18(13-21)11-17-9-14(3)8-15(4)10-17/h8-10,18H,5-7,11-13H2,1-4H3. The summed E-state index contributed by atoms with van der Waals surface area (Å²) >= 11 is 0. The van der Waals surface area contributed by atoms with Crippen molar-refractivity contribution in [3.05, 3.63) is 47.0 Å². The van der Waals surface area contributed by atoms with Crippen LogP contribution in [0.5, 0.6) is 0 Å². The molecule has 0 heterocycles. The van der Waals surface area contributed by atoms with E-state index in [1.54, 1.807) is 13.8 Å². The van der Waals surface area contributed by atoms with Crippen molar-refractivity contribution in [2.24, 2.45) is 11.3 Å². The molecule has 136 valence electrons. The van der Waals surface area contributed by atoms with E-state index in [1.165, 1.54) is 16.7 Å². The number of benzene rings is 1. The van der Waals surface area contributed by atoms with Gasteiger partial charge in [-0.1, -0.05) is 41.5 Å². The van der Waals surface area contributed by atoms with Gasteiger partial charge in [-0.05, 0) is 58.4 Å². The SMILES string of the molecule is C=C1CC(C(=O)OCC)(C(=O)OCC)CC1Cc1cc(C)cc(C)c1. The van der Waals surface area contributed by atoms with E-state index >= 15 is 0 Å². The second-order valence-corrected chi connectivity index (χ2v) is 6.96. The highest BCUT2D eigenvalue weighted by molar-refractivity contribution is 6.01. The molecular weight excluding hydrogens is 316 g/mol. The van der Waals surface area contributed by atoms with Gasteiger partial charge in [0, 0.05) is 0 Å². The van der Waals surface area contributed by atoms with Crippen molar-refractivity contribution < 1.29 is 19.1 Å². The van der Waals surface area contributed by atoms with Gasteiger partial charge in [-0.3, -0.25) is 9.59 Å². The zero-order valence-corrected chi connectivity index (χ0v) is 15.7. The van der Waals surface area contributed by atoms with Crippen LogP contribution in [0.25, 0.3) is 0 Å². The van der Waals surface area contributed by atoms with Crippen LogP contribution in [0.2, 0.25) is 0 Å². The first-order chi connectivity index (χ1) is 11.8. The Morgan fingerprint density at radius 1 is 1.08 bits per heavy atom. The van der Waals surface area contributed by atoms with Crippen molar-refractivity contribution >= 4 is 11.9 Å². The van der Waals surface area contributed by atoms with E-state index in [-0.39, 0.29) is 19.1 Å². The van der Waals surface area contributed by atoms with Crippen molar-refractivity contribution in [3.8, 4) is 0 Å². The van der Waals surface area contributed by atoms with Crippen LogP contribution in [0.15, 0.2) is 30.4 Å². The van der Waals surface area contributed by atoms with Crippen LogP contribution in [-0.2, 0) is 25.5 Å². The maximum atomic E-state index is 12.6. The van der Waals surface area contributed by atoms with Gasteiger partial charge in [0.1, 0.15) is 0 Å². The van der Waals surface area contributed by atoms with Crippen LogP contribution in [0, 0.1) is 25.2 Å². The number of carbonyl (C=O) groups is 2. The lowest BCUT2D eigenvalue weighted by Crippen LogP contribution is -2.40. The molecule has 4 nitrogen and oxygen atoms in total. The molecule has 4 heteroatoms. The van der Waals surface area contributed by atoms with E-state index in [9.17, 15) is 9.59 Å². The fraction of sp³-hybridized carbons (Fsp3) is 0.524. The number of ether oxygens (including phenoxy) is 2. The van der Waals surface area contributed by atoms with E-state index in [0.717, 1.165) is 12.0 Å². The summed E-state index contributed by atoms with van der Waals surface area (Å²) in [6.07, 6.45) is 1.47. The summed E-state index contributed by atoms with van der Waals surface area (Å²) in [5.41, 5.74) is 3.29. The molecule has 0 aromatic heterocycles. The molecule has 1 aromatic carbocycles. The maximum Gasteiger partial charge on any atom is 0.323 e. The van der Waals surface area contributed by atoms with Crippen LogP contribution >= 0.6 is 0 Å². The number of rotatable bonds is 6. The number of allylic oxidation sites excluding steroid dienone is 1. The summed E-state index contributed by atoms with van der Waals surface area (Å²) < 4.78 is 10.4. The lowest BCUT2D eigenvalue weighted by atomic mass is 9.84. The molecule has 0 amide bonds. The van der Waals surface area contributed by atoms with Crippen LogP contribution in [-0.4, -0.2) is 25.2 Å². The normalized spacial score (nSPS) is 18.9. The number of hydrogen-bond acceptors (Lipinski definition) is 4. The highest BCUT2D eigenvalue weighted by Crippen LogP contribution is 2.47. The van der Waals surface area contributed by atoms with Crippen LogP contribution in [0.4, 0.5) is 0 Å². The van der Waals surface area contributed by atoms with Crippen LogP contribution in [0.3, 0.4) is 0 Å². The van der Waals surface area contributed by atoms with Crippen molar-refractivity contribution in [2.45, 2.75) is 47.0 Å². The molecule has 1 aliphatic carbocycles. The van der Waals surface area contributed by atoms with Gasteiger partial charge >= 0.3 is 11.9 Å². The van der Waals surface area contributed by atoms with Gasteiger partial charge in [-0.2, -0.15) is 0 Å². The number of carbonyl (C=O) groups excluding carboxylic acids is 2. The molecular formula is C21H28O4. The summed E-state index contributed by atoms with van der Waals surface area (Å²) in [5.74, 6) is -0.912. The molecule has 1 aromatic rings. The Bertz CT molecular complexity index is 636. The molecule has 2 rings (SSSR count). The smallest absolute Gasteiger partial charge is 0.323 e. The molecule has 0 aliphatic heterocycles. The molecule has 1 atom stereocenters. The first kappa shape index (κ1) is 19.2. The van der Waals surface area contributed by atoms with E-state index in [2.05, 4.69) is 38.6 Å². The maximum absolute atomic E-state index is 12.6. The van der Waals surface area contributed by atoms with Crippen molar-refractivity contribution in [3.63, 3.8) is 0 Å². The molecule has 25 heavy (non-hydrogen) atoms. The highest BCUT2D eigenvalue weighted by Gasteiger charge is 2.55.